The molecule has 0 aliphatic heterocycles. The van der Waals surface area contributed by atoms with E-state index in [9.17, 15) is 5.11 Å². The molecule has 3 aromatic heterocycles. The number of pyridine rings is 1. The average molecular weight is 514 g/mol. The first kappa shape index (κ1) is 25.5. The fraction of sp³-hybridized carbons (Fsp3) is 0.345. The summed E-state index contributed by atoms with van der Waals surface area (Å²) in [7, 11) is 1.62. The number of aromatic hydroxyl groups is 1. The number of methoxy groups -OCH3 is 1. The number of ether oxygens (including phenoxy) is 1. The van der Waals surface area contributed by atoms with E-state index in [1.54, 1.807) is 31.5 Å². The summed E-state index contributed by atoms with van der Waals surface area (Å²) in [5.74, 6) is 1.16. The first-order chi connectivity index (χ1) is 18.3. The molecular formula is C29H35N7O2. The first-order valence-electron chi connectivity index (χ1n) is 13.0. The largest absolute Gasteiger partial charge is 0.508 e. The Morgan fingerprint density at radius 3 is 2.74 bits per heavy atom. The molecule has 5 rings (SSSR count). The van der Waals surface area contributed by atoms with E-state index in [2.05, 4.69) is 23.3 Å². The molecule has 0 unspecified atom stereocenters. The summed E-state index contributed by atoms with van der Waals surface area (Å²) < 4.78 is 7.22. The molecule has 3 heterocycles. The summed E-state index contributed by atoms with van der Waals surface area (Å²) in [4.78, 5) is 9.35. The van der Waals surface area contributed by atoms with Crippen molar-refractivity contribution in [3.05, 3.63) is 65.1 Å². The summed E-state index contributed by atoms with van der Waals surface area (Å²) in [5, 5.41) is 18.3. The van der Waals surface area contributed by atoms with E-state index in [0.29, 0.717) is 11.7 Å². The number of anilines is 1. The van der Waals surface area contributed by atoms with Gasteiger partial charge in [-0.3, -0.25) is 0 Å². The molecule has 1 saturated carbocycles. The molecule has 9 heteroatoms. The highest BCUT2D eigenvalue weighted by atomic mass is 16.5. The van der Waals surface area contributed by atoms with Gasteiger partial charge in [-0.2, -0.15) is 5.10 Å². The highest BCUT2D eigenvalue weighted by molar-refractivity contribution is 6.06. The summed E-state index contributed by atoms with van der Waals surface area (Å²) in [6.45, 7) is 6.06. The second kappa shape index (κ2) is 10.3. The second-order valence-corrected chi connectivity index (χ2v) is 10.0. The minimum Gasteiger partial charge on any atom is -0.508 e. The Balaban J connectivity index is 1.65. The van der Waals surface area contributed by atoms with Crippen LogP contribution in [0.5, 0.6) is 11.6 Å². The van der Waals surface area contributed by atoms with Gasteiger partial charge in [-0.25, -0.2) is 14.5 Å². The van der Waals surface area contributed by atoms with Crippen LogP contribution >= 0.6 is 0 Å². The summed E-state index contributed by atoms with van der Waals surface area (Å²) >= 11 is 0. The first-order valence-corrected chi connectivity index (χ1v) is 13.0. The monoisotopic (exact) mass is 513 g/mol. The van der Waals surface area contributed by atoms with Gasteiger partial charge in [0.1, 0.15) is 11.6 Å². The number of nitrogens with two attached hydrogens (primary N) is 2. The predicted octanol–water partition coefficient (Wildman–Crippen LogP) is 4.62. The molecule has 0 radical (unpaired) electrons. The normalized spacial score (nSPS) is 17.8. The number of fused-ring (bicyclic) bond motifs is 1. The van der Waals surface area contributed by atoms with Crippen LogP contribution in [0, 0.1) is 13.8 Å². The lowest BCUT2D eigenvalue weighted by molar-refractivity contribution is 0.396. The minimum atomic E-state index is 0.182. The SMILES string of the molecule is CCc1cc(O)ccc1N=C(N)c1cnn2cc(-c3c(C)cc(OC)nc3C)cc2c1N[C@H]1CC[C@@H](N)C1. The number of amidine groups is 1. The van der Waals surface area contributed by atoms with Gasteiger partial charge in [0.15, 0.2) is 0 Å². The summed E-state index contributed by atoms with van der Waals surface area (Å²) in [5.41, 5.74) is 21.0. The molecular weight excluding hydrogens is 478 g/mol. The Labute approximate surface area is 222 Å². The second-order valence-electron chi connectivity index (χ2n) is 10.0. The third-order valence-electron chi connectivity index (χ3n) is 7.29. The van der Waals surface area contributed by atoms with Gasteiger partial charge in [-0.15, -0.1) is 0 Å². The lowest BCUT2D eigenvalue weighted by atomic mass is 10.0. The quantitative estimate of drug-likeness (QED) is 0.209. The van der Waals surface area contributed by atoms with Crippen molar-refractivity contribution < 1.29 is 9.84 Å². The zero-order valence-corrected chi connectivity index (χ0v) is 22.3. The van der Waals surface area contributed by atoms with Crippen LogP contribution in [0.15, 0.2) is 47.7 Å². The molecule has 6 N–H and O–H groups in total. The lowest BCUT2D eigenvalue weighted by Gasteiger charge is -2.18. The van der Waals surface area contributed by atoms with Crippen LogP contribution in [-0.4, -0.2) is 44.7 Å². The number of aliphatic imine (C=N–C) groups is 1. The van der Waals surface area contributed by atoms with Crippen molar-refractivity contribution in [1.29, 1.82) is 0 Å². The molecule has 2 atom stereocenters. The van der Waals surface area contributed by atoms with Crippen molar-refractivity contribution in [3.63, 3.8) is 0 Å². The van der Waals surface area contributed by atoms with E-state index in [0.717, 1.165) is 76.1 Å². The van der Waals surface area contributed by atoms with Crippen LogP contribution in [0.4, 0.5) is 11.4 Å². The number of aryl methyl sites for hydroxylation is 3. The van der Waals surface area contributed by atoms with E-state index in [4.69, 9.17) is 26.3 Å². The predicted molar refractivity (Wildman–Crippen MR) is 152 cm³/mol. The van der Waals surface area contributed by atoms with Crippen LogP contribution in [-0.2, 0) is 6.42 Å². The van der Waals surface area contributed by atoms with Gasteiger partial charge in [0.25, 0.3) is 0 Å². The van der Waals surface area contributed by atoms with E-state index >= 15 is 0 Å². The van der Waals surface area contributed by atoms with Gasteiger partial charge < -0.3 is 26.6 Å². The Kier molecular flexibility index (Phi) is 6.94. The highest BCUT2D eigenvalue weighted by Gasteiger charge is 2.25. The van der Waals surface area contributed by atoms with E-state index in [1.807, 2.05) is 30.6 Å². The zero-order chi connectivity index (χ0) is 27.0. The van der Waals surface area contributed by atoms with Gasteiger partial charge in [0, 0.05) is 41.2 Å². The Morgan fingerprint density at radius 2 is 2.05 bits per heavy atom. The van der Waals surface area contributed by atoms with Crippen molar-refractivity contribution in [3.8, 4) is 22.8 Å². The number of rotatable bonds is 7. The minimum absolute atomic E-state index is 0.182. The molecule has 0 spiro atoms. The van der Waals surface area contributed by atoms with Crippen molar-refractivity contribution in [1.82, 2.24) is 14.6 Å². The number of nitrogens with one attached hydrogen (secondary N) is 1. The molecule has 1 aromatic carbocycles. The standard InChI is InChI=1S/C29H35N7O2/c1-5-18-11-22(37)8-9-24(18)35-29(31)23-14-32-36-15-19(27-16(2)10-26(38-4)33-17(27)3)12-25(36)28(23)34-21-7-6-20(30)13-21/h8-12,14-15,20-21,34,37H,5-7,13,30H2,1-4H3,(H2,31,35)/t20-,21+/m1/s1. The van der Waals surface area contributed by atoms with Gasteiger partial charge in [0.2, 0.25) is 5.88 Å². The maximum Gasteiger partial charge on any atom is 0.213 e. The molecule has 1 fully saturated rings. The van der Waals surface area contributed by atoms with Crippen molar-refractivity contribution in [2.75, 3.05) is 12.4 Å². The number of aromatic nitrogens is 3. The van der Waals surface area contributed by atoms with Crippen molar-refractivity contribution >= 4 is 22.7 Å². The molecule has 198 valence electrons. The van der Waals surface area contributed by atoms with Gasteiger partial charge in [-0.1, -0.05) is 6.92 Å². The number of hydrogen-bond donors (Lipinski definition) is 4. The zero-order valence-electron chi connectivity index (χ0n) is 22.3. The third kappa shape index (κ3) is 4.89. The molecule has 9 nitrogen and oxygen atoms in total. The molecule has 0 saturated heterocycles. The number of phenols is 1. The molecule has 38 heavy (non-hydrogen) atoms. The number of hydrogen-bond acceptors (Lipinski definition) is 7. The summed E-state index contributed by atoms with van der Waals surface area (Å²) in [6.07, 6.45) is 7.34. The fourth-order valence-corrected chi connectivity index (χ4v) is 5.38. The topological polar surface area (TPSA) is 136 Å². The molecule has 0 bridgehead atoms. The fourth-order valence-electron chi connectivity index (χ4n) is 5.38. The summed E-state index contributed by atoms with van der Waals surface area (Å²) in [6, 6.07) is 9.60. The van der Waals surface area contributed by atoms with Crippen LogP contribution in [0.1, 0.15) is 48.6 Å². The van der Waals surface area contributed by atoms with Crippen LogP contribution in [0.25, 0.3) is 16.6 Å². The van der Waals surface area contributed by atoms with E-state index in [-0.39, 0.29) is 17.8 Å². The van der Waals surface area contributed by atoms with E-state index in [1.165, 1.54) is 0 Å². The smallest absolute Gasteiger partial charge is 0.213 e. The third-order valence-corrected chi connectivity index (χ3v) is 7.29. The Hall–Kier alpha value is -4.11. The molecule has 1 aliphatic carbocycles. The molecule has 0 amide bonds. The lowest BCUT2D eigenvalue weighted by Crippen LogP contribution is -2.24. The average Bonchev–Trinajstić information content (AvgIpc) is 3.50. The van der Waals surface area contributed by atoms with Crippen molar-refractivity contribution in [2.45, 2.75) is 58.5 Å². The molecule has 1 aliphatic rings. The Morgan fingerprint density at radius 1 is 1.24 bits per heavy atom. The van der Waals surface area contributed by atoms with Crippen molar-refractivity contribution in [2.24, 2.45) is 16.5 Å². The van der Waals surface area contributed by atoms with Crippen LogP contribution in [0.2, 0.25) is 0 Å². The Bertz CT molecular complexity index is 1500. The number of benzene rings is 1. The maximum atomic E-state index is 9.90. The maximum absolute atomic E-state index is 9.90. The highest BCUT2D eigenvalue weighted by Crippen LogP contribution is 2.35. The van der Waals surface area contributed by atoms with Gasteiger partial charge in [0.05, 0.1) is 35.8 Å². The molecule has 4 aromatic rings. The van der Waals surface area contributed by atoms with Crippen LogP contribution < -0.4 is 21.5 Å². The number of nitrogens with zero attached hydrogens (tertiary/aromatic N) is 4. The van der Waals surface area contributed by atoms with Gasteiger partial charge >= 0.3 is 0 Å². The van der Waals surface area contributed by atoms with E-state index < -0.39 is 0 Å². The number of phenolic OH excluding ortho intramolecular Hbond substituents is 1. The van der Waals surface area contributed by atoms with Crippen LogP contribution in [0.3, 0.4) is 0 Å². The van der Waals surface area contributed by atoms with Gasteiger partial charge in [-0.05, 0) is 74.9 Å².